The van der Waals surface area contributed by atoms with Crippen molar-refractivity contribution in [1.29, 1.82) is 0 Å². The molecule has 0 aliphatic rings. The van der Waals surface area contributed by atoms with E-state index < -0.39 is 0 Å². The molecule has 2 aromatic carbocycles. The van der Waals surface area contributed by atoms with Gasteiger partial charge in [0.05, 0.1) is 13.7 Å². The van der Waals surface area contributed by atoms with E-state index in [-0.39, 0.29) is 6.61 Å². The zero-order valence-electron chi connectivity index (χ0n) is 9.18. The molecular weight excluding hydrogens is 200 g/mol. The van der Waals surface area contributed by atoms with Crippen molar-refractivity contribution in [3.8, 4) is 16.9 Å². The molecule has 0 aromatic heterocycles. The Bertz CT molecular complexity index is 398. The molecule has 0 saturated heterocycles. The first kappa shape index (κ1) is 10.7. The number of ether oxygens (including phenoxy) is 1. The van der Waals surface area contributed by atoms with Crippen molar-refractivity contribution in [3.63, 3.8) is 0 Å². The van der Waals surface area contributed by atoms with Crippen molar-refractivity contribution in [2.75, 3.05) is 7.11 Å². The second-order valence-corrected chi connectivity index (χ2v) is 3.58. The van der Waals surface area contributed by atoms with E-state index in [2.05, 4.69) is 0 Å². The monoisotopic (exact) mass is 214 g/mol. The van der Waals surface area contributed by atoms with Crippen molar-refractivity contribution in [1.82, 2.24) is 0 Å². The molecule has 16 heavy (non-hydrogen) atoms. The van der Waals surface area contributed by atoms with Gasteiger partial charge in [-0.05, 0) is 28.8 Å². The molecule has 0 unspecified atom stereocenters. The Balaban J connectivity index is 2.28. The van der Waals surface area contributed by atoms with Gasteiger partial charge >= 0.3 is 0 Å². The van der Waals surface area contributed by atoms with E-state index in [1.807, 2.05) is 48.5 Å². The molecular formula is C14H14O2. The Hall–Kier alpha value is -1.80. The van der Waals surface area contributed by atoms with Gasteiger partial charge in [0.2, 0.25) is 0 Å². The molecule has 0 bridgehead atoms. The highest BCUT2D eigenvalue weighted by Gasteiger charge is 1.98. The summed E-state index contributed by atoms with van der Waals surface area (Å²) in [6.07, 6.45) is 0. The van der Waals surface area contributed by atoms with E-state index in [4.69, 9.17) is 9.84 Å². The van der Waals surface area contributed by atoms with Crippen LogP contribution in [0.1, 0.15) is 5.56 Å². The van der Waals surface area contributed by atoms with Gasteiger partial charge in [-0.1, -0.05) is 36.4 Å². The summed E-state index contributed by atoms with van der Waals surface area (Å²) in [5, 5.41) is 8.95. The average molecular weight is 214 g/mol. The molecule has 0 fully saturated rings. The number of methoxy groups -OCH3 is 1. The van der Waals surface area contributed by atoms with Gasteiger partial charge in [-0.2, -0.15) is 0 Å². The normalized spacial score (nSPS) is 10.1. The number of hydrogen-bond donors (Lipinski definition) is 1. The Kier molecular flexibility index (Phi) is 3.22. The third-order valence-electron chi connectivity index (χ3n) is 2.56. The third kappa shape index (κ3) is 2.23. The van der Waals surface area contributed by atoms with Crippen LogP contribution in [-0.2, 0) is 6.61 Å². The summed E-state index contributed by atoms with van der Waals surface area (Å²) < 4.78 is 5.11. The van der Waals surface area contributed by atoms with Crippen molar-refractivity contribution in [2.45, 2.75) is 6.61 Å². The molecule has 0 heterocycles. The van der Waals surface area contributed by atoms with Gasteiger partial charge in [-0.25, -0.2) is 0 Å². The maximum absolute atomic E-state index is 8.95. The number of benzene rings is 2. The minimum Gasteiger partial charge on any atom is -0.497 e. The number of rotatable bonds is 3. The molecule has 2 aromatic rings. The topological polar surface area (TPSA) is 29.5 Å². The maximum Gasteiger partial charge on any atom is 0.118 e. The lowest BCUT2D eigenvalue weighted by Crippen LogP contribution is -1.84. The Morgan fingerprint density at radius 1 is 0.875 bits per heavy atom. The summed E-state index contributed by atoms with van der Waals surface area (Å²) in [5.41, 5.74) is 3.21. The van der Waals surface area contributed by atoms with Gasteiger partial charge in [0, 0.05) is 0 Å². The third-order valence-corrected chi connectivity index (χ3v) is 2.56. The highest BCUT2D eigenvalue weighted by atomic mass is 16.5. The molecule has 2 heteroatoms. The molecule has 0 aliphatic carbocycles. The van der Waals surface area contributed by atoms with Crippen LogP contribution in [0.4, 0.5) is 0 Å². The number of aliphatic hydroxyl groups excluding tert-OH is 1. The van der Waals surface area contributed by atoms with Gasteiger partial charge in [0.1, 0.15) is 5.75 Å². The van der Waals surface area contributed by atoms with E-state index in [0.29, 0.717) is 0 Å². The molecule has 0 atom stereocenters. The molecule has 0 radical (unpaired) electrons. The summed E-state index contributed by atoms with van der Waals surface area (Å²) in [5.74, 6) is 0.857. The summed E-state index contributed by atoms with van der Waals surface area (Å²) >= 11 is 0. The first-order valence-electron chi connectivity index (χ1n) is 5.17. The molecule has 1 N–H and O–H groups in total. The number of aliphatic hydroxyl groups is 1. The van der Waals surface area contributed by atoms with Crippen LogP contribution >= 0.6 is 0 Å². The SMILES string of the molecule is COc1ccc(-c2ccc(CO)cc2)cc1. The van der Waals surface area contributed by atoms with Crippen molar-refractivity contribution in [3.05, 3.63) is 54.1 Å². The second kappa shape index (κ2) is 4.81. The standard InChI is InChI=1S/C14H14O2/c1-16-14-8-6-13(7-9-14)12-4-2-11(10-15)3-5-12/h2-9,15H,10H2,1H3. The maximum atomic E-state index is 8.95. The van der Waals surface area contributed by atoms with Crippen LogP contribution in [0.5, 0.6) is 5.75 Å². The lowest BCUT2D eigenvalue weighted by atomic mass is 10.0. The minimum atomic E-state index is 0.0862. The van der Waals surface area contributed by atoms with Gasteiger partial charge in [-0.15, -0.1) is 0 Å². The minimum absolute atomic E-state index is 0.0862. The van der Waals surface area contributed by atoms with Crippen LogP contribution in [0.15, 0.2) is 48.5 Å². The Morgan fingerprint density at radius 3 is 1.81 bits per heavy atom. The van der Waals surface area contributed by atoms with E-state index in [0.717, 1.165) is 22.4 Å². The molecule has 82 valence electrons. The molecule has 0 aliphatic heterocycles. The van der Waals surface area contributed by atoms with Crippen molar-refractivity contribution >= 4 is 0 Å². The predicted molar refractivity (Wildman–Crippen MR) is 64.4 cm³/mol. The zero-order chi connectivity index (χ0) is 11.4. The highest BCUT2D eigenvalue weighted by molar-refractivity contribution is 5.64. The van der Waals surface area contributed by atoms with E-state index in [1.54, 1.807) is 7.11 Å². The first-order valence-corrected chi connectivity index (χ1v) is 5.17. The highest BCUT2D eigenvalue weighted by Crippen LogP contribution is 2.22. The summed E-state index contributed by atoms with van der Waals surface area (Å²) in [6, 6.07) is 15.8. The second-order valence-electron chi connectivity index (χ2n) is 3.58. The molecule has 2 nitrogen and oxygen atoms in total. The summed E-state index contributed by atoms with van der Waals surface area (Å²) in [4.78, 5) is 0. The fourth-order valence-electron chi connectivity index (χ4n) is 1.59. The quantitative estimate of drug-likeness (QED) is 0.851. The first-order chi connectivity index (χ1) is 7.83. The molecule has 0 amide bonds. The molecule has 0 spiro atoms. The van der Waals surface area contributed by atoms with Crippen LogP contribution in [0, 0.1) is 0 Å². The van der Waals surface area contributed by atoms with Gasteiger partial charge in [0.25, 0.3) is 0 Å². The fourth-order valence-corrected chi connectivity index (χ4v) is 1.59. The van der Waals surface area contributed by atoms with Crippen LogP contribution in [0.25, 0.3) is 11.1 Å². The lowest BCUT2D eigenvalue weighted by molar-refractivity contribution is 0.282. The summed E-state index contributed by atoms with van der Waals surface area (Å²) in [6.45, 7) is 0.0862. The smallest absolute Gasteiger partial charge is 0.118 e. The van der Waals surface area contributed by atoms with E-state index >= 15 is 0 Å². The fraction of sp³-hybridized carbons (Fsp3) is 0.143. The van der Waals surface area contributed by atoms with Crippen LogP contribution < -0.4 is 4.74 Å². The van der Waals surface area contributed by atoms with Gasteiger partial charge in [0.15, 0.2) is 0 Å². The lowest BCUT2D eigenvalue weighted by Gasteiger charge is -2.04. The van der Waals surface area contributed by atoms with Crippen molar-refractivity contribution < 1.29 is 9.84 Å². The molecule has 2 rings (SSSR count). The van der Waals surface area contributed by atoms with Gasteiger partial charge in [-0.3, -0.25) is 0 Å². The Labute approximate surface area is 95.1 Å². The van der Waals surface area contributed by atoms with E-state index in [9.17, 15) is 0 Å². The van der Waals surface area contributed by atoms with Crippen LogP contribution in [-0.4, -0.2) is 12.2 Å². The van der Waals surface area contributed by atoms with Crippen LogP contribution in [0.2, 0.25) is 0 Å². The van der Waals surface area contributed by atoms with E-state index in [1.165, 1.54) is 0 Å². The largest absolute Gasteiger partial charge is 0.497 e. The predicted octanol–water partition coefficient (Wildman–Crippen LogP) is 2.85. The molecule has 0 saturated carbocycles. The summed E-state index contributed by atoms with van der Waals surface area (Å²) in [7, 11) is 1.66. The average Bonchev–Trinajstić information content (AvgIpc) is 2.39. The van der Waals surface area contributed by atoms with Crippen molar-refractivity contribution in [2.24, 2.45) is 0 Å². The van der Waals surface area contributed by atoms with Gasteiger partial charge < -0.3 is 9.84 Å². The van der Waals surface area contributed by atoms with Crippen LogP contribution in [0.3, 0.4) is 0 Å². The zero-order valence-corrected chi connectivity index (χ0v) is 9.18. The number of hydrogen-bond acceptors (Lipinski definition) is 2. The Morgan fingerprint density at radius 2 is 1.38 bits per heavy atom.